The summed E-state index contributed by atoms with van der Waals surface area (Å²) in [5.41, 5.74) is 7.81. The first kappa shape index (κ1) is 12.6. The summed E-state index contributed by atoms with van der Waals surface area (Å²) in [6.45, 7) is 0. The third kappa shape index (κ3) is 3.32. The van der Waals surface area contributed by atoms with Gasteiger partial charge in [-0.3, -0.25) is 0 Å². The molecular formula is C13H11Cl2NS. The lowest BCUT2D eigenvalue weighted by Crippen LogP contribution is -1.88. The molecule has 0 radical (unpaired) electrons. The van der Waals surface area contributed by atoms with E-state index in [1.165, 1.54) is 0 Å². The number of hydrogen-bond acceptors (Lipinski definition) is 2. The first-order valence-corrected chi connectivity index (χ1v) is 6.82. The number of nitrogens with two attached hydrogens (primary N) is 1. The number of para-hydroxylation sites is 1. The highest BCUT2D eigenvalue weighted by Gasteiger charge is 2.02. The Kier molecular flexibility index (Phi) is 4.21. The van der Waals surface area contributed by atoms with Gasteiger partial charge in [0.25, 0.3) is 0 Å². The van der Waals surface area contributed by atoms with Crippen molar-refractivity contribution in [3.8, 4) is 0 Å². The van der Waals surface area contributed by atoms with Crippen molar-refractivity contribution in [1.29, 1.82) is 0 Å². The standard InChI is InChI=1S/C13H11Cl2NS/c14-10-6-5-9(7-11(10)15)8-17-13-4-2-1-3-12(13)16/h1-7H,8,16H2. The highest BCUT2D eigenvalue weighted by atomic mass is 35.5. The average Bonchev–Trinajstić information content (AvgIpc) is 2.32. The number of hydrogen-bond donors (Lipinski definition) is 1. The molecule has 0 aliphatic heterocycles. The fourth-order valence-corrected chi connectivity index (χ4v) is 2.63. The van der Waals surface area contributed by atoms with Gasteiger partial charge in [-0.25, -0.2) is 0 Å². The van der Waals surface area contributed by atoms with Crippen LogP contribution in [0.4, 0.5) is 5.69 Å². The van der Waals surface area contributed by atoms with E-state index in [-0.39, 0.29) is 0 Å². The summed E-state index contributed by atoms with van der Waals surface area (Å²) in [7, 11) is 0. The molecule has 0 aliphatic carbocycles. The molecule has 0 aliphatic rings. The zero-order chi connectivity index (χ0) is 12.3. The van der Waals surface area contributed by atoms with Crippen LogP contribution in [0.25, 0.3) is 0 Å². The normalized spacial score (nSPS) is 10.5. The highest BCUT2D eigenvalue weighted by Crippen LogP contribution is 2.30. The molecule has 2 aromatic carbocycles. The third-order valence-corrected chi connectivity index (χ3v) is 4.20. The lowest BCUT2D eigenvalue weighted by Gasteiger charge is -2.06. The molecule has 0 amide bonds. The molecule has 0 unspecified atom stereocenters. The molecule has 2 N–H and O–H groups in total. The number of benzene rings is 2. The fourth-order valence-electron chi connectivity index (χ4n) is 1.40. The lowest BCUT2D eigenvalue weighted by molar-refractivity contribution is 1.38. The molecule has 0 atom stereocenters. The minimum atomic E-state index is 0.583. The molecule has 2 rings (SSSR count). The lowest BCUT2D eigenvalue weighted by atomic mass is 10.2. The van der Waals surface area contributed by atoms with E-state index in [0.29, 0.717) is 10.0 Å². The second-order valence-electron chi connectivity index (χ2n) is 3.57. The van der Waals surface area contributed by atoms with Crippen molar-refractivity contribution in [2.45, 2.75) is 10.6 Å². The van der Waals surface area contributed by atoms with Gasteiger partial charge in [-0.2, -0.15) is 0 Å². The van der Waals surface area contributed by atoms with E-state index in [0.717, 1.165) is 21.9 Å². The maximum Gasteiger partial charge on any atom is 0.0595 e. The molecule has 0 heterocycles. The van der Waals surface area contributed by atoms with Gasteiger partial charge in [0.2, 0.25) is 0 Å². The average molecular weight is 284 g/mol. The maximum atomic E-state index is 5.96. The zero-order valence-electron chi connectivity index (χ0n) is 8.99. The second-order valence-corrected chi connectivity index (χ2v) is 5.41. The van der Waals surface area contributed by atoms with Crippen molar-refractivity contribution in [3.05, 3.63) is 58.1 Å². The Balaban J connectivity index is 2.08. The molecule has 2 aromatic rings. The molecule has 0 saturated carbocycles. The van der Waals surface area contributed by atoms with E-state index < -0.39 is 0 Å². The smallest absolute Gasteiger partial charge is 0.0595 e. The number of nitrogen functional groups attached to an aromatic ring is 1. The molecular weight excluding hydrogens is 273 g/mol. The van der Waals surface area contributed by atoms with Gasteiger partial charge in [0.05, 0.1) is 10.0 Å². The summed E-state index contributed by atoms with van der Waals surface area (Å²) in [6, 6.07) is 13.5. The molecule has 1 nitrogen and oxygen atoms in total. The number of thioether (sulfide) groups is 1. The molecule has 88 valence electrons. The Labute approximate surface area is 115 Å². The van der Waals surface area contributed by atoms with E-state index in [9.17, 15) is 0 Å². The van der Waals surface area contributed by atoms with E-state index in [1.54, 1.807) is 11.8 Å². The van der Waals surface area contributed by atoms with Crippen LogP contribution in [0.2, 0.25) is 10.0 Å². The van der Waals surface area contributed by atoms with E-state index in [4.69, 9.17) is 28.9 Å². The van der Waals surface area contributed by atoms with Gasteiger partial charge in [-0.1, -0.05) is 41.4 Å². The molecule has 0 fully saturated rings. The van der Waals surface area contributed by atoms with E-state index >= 15 is 0 Å². The second kappa shape index (κ2) is 5.67. The van der Waals surface area contributed by atoms with Gasteiger partial charge in [-0.15, -0.1) is 11.8 Å². The third-order valence-electron chi connectivity index (χ3n) is 2.30. The van der Waals surface area contributed by atoms with Crippen LogP contribution in [-0.4, -0.2) is 0 Å². The molecule has 0 aromatic heterocycles. The van der Waals surface area contributed by atoms with Crippen LogP contribution in [0.15, 0.2) is 47.4 Å². The van der Waals surface area contributed by atoms with Crippen LogP contribution >= 0.6 is 35.0 Å². The maximum absolute atomic E-state index is 5.96. The molecule has 17 heavy (non-hydrogen) atoms. The summed E-state index contributed by atoms with van der Waals surface area (Å²) in [5, 5.41) is 1.17. The van der Waals surface area contributed by atoms with Crippen molar-refractivity contribution in [1.82, 2.24) is 0 Å². The predicted octanol–water partition coefficient (Wildman–Crippen LogP) is 4.87. The van der Waals surface area contributed by atoms with Crippen molar-refractivity contribution < 1.29 is 0 Å². The van der Waals surface area contributed by atoms with E-state index in [1.807, 2.05) is 42.5 Å². The Morgan fingerprint density at radius 3 is 2.47 bits per heavy atom. The zero-order valence-corrected chi connectivity index (χ0v) is 11.3. The monoisotopic (exact) mass is 283 g/mol. The molecule has 4 heteroatoms. The van der Waals surface area contributed by atoms with Crippen molar-refractivity contribution in [3.63, 3.8) is 0 Å². The largest absolute Gasteiger partial charge is 0.398 e. The van der Waals surface area contributed by atoms with Crippen LogP contribution < -0.4 is 5.73 Å². The van der Waals surface area contributed by atoms with Crippen LogP contribution in [0.1, 0.15) is 5.56 Å². The SMILES string of the molecule is Nc1ccccc1SCc1ccc(Cl)c(Cl)c1. The summed E-state index contributed by atoms with van der Waals surface area (Å²) < 4.78 is 0. The Morgan fingerprint density at radius 2 is 1.76 bits per heavy atom. The van der Waals surface area contributed by atoms with E-state index in [2.05, 4.69) is 0 Å². The van der Waals surface area contributed by atoms with Crippen molar-refractivity contribution in [2.24, 2.45) is 0 Å². The van der Waals surface area contributed by atoms with Gasteiger partial charge in [0, 0.05) is 16.3 Å². The summed E-state index contributed by atoms with van der Waals surface area (Å²) in [6.07, 6.45) is 0. The van der Waals surface area contributed by atoms with Crippen LogP contribution in [0.5, 0.6) is 0 Å². The summed E-state index contributed by atoms with van der Waals surface area (Å²) in [5.74, 6) is 0.825. The minimum Gasteiger partial charge on any atom is -0.398 e. The summed E-state index contributed by atoms with van der Waals surface area (Å²) in [4.78, 5) is 1.08. The van der Waals surface area contributed by atoms with Crippen LogP contribution in [-0.2, 0) is 5.75 Å². The Hall–Kier alpha value is -0.830. The van der Waals surface area contributed by atoms with Crippen LogP contribution in [0, 0.1) is 0 Å². The number of rotatable bonds is 3. The molecule has 0 saturated heterocycles. The molecule has 0 bridgehead atoms. The molecule has 0 spiro atoms. The number of anilines is 1. The quantitative estimate of drug-likeness (QED) is 0.643. The Morgan fingerprint density at radius 1 is 1.00 bits per heavy atom. The first-order valence-electron chi connectivity index (χ1n) is 5.08. The topological polar surface area (TPSA) is 26.0 Å². The Bertz CT molecular complexity index is 529. The van der Waals surface area contributed by atoms with Crippen LogP contribution in [0.3, 0.4) is 0 Å². The van der Waals surface area contributed by atoms with Gasteiger partial charge >= 0.3 is 0 Å². The first-order chi connectivity index (χ1) is 8.16. The number of halogens is 2. The van der Waals surface area contributed by atoms with Crippen molar-refractivity contribution >= 4 is 40.7 Å². The minimum absolute atomic E-state index is 0.583. The van der Waals surface area contributed by atoms with Crippen molar-refractivity contribution in [2.75, 3.05) is 5.73 Å². The fraction of sp³-hybridized carbons (Fsp3) is 0.0769. The van der Waals surface area contributed by atoms with Gasteiger partial charge < -0.3 is 5.73 Å². The van der Waals surface area contributed by atoms with Gasteiger partial charge in [0.1, 0.15) is 0 Å². The van der Waals surface area contributed by atoms with Gasteiger partial charge in [0.15, 0.2) is 0 Å². The van der Waals surface area contributed by atoms with Gasteiger partial charge in [-0.05, 0) is 29.8 Å². The summed E-state index contributed by atoms with van der Waals surface area (Å²) >= 11 is 13.5. The predicted molar refractivity (Wildman–Crippen MR) is 76.9 cm³/mol. The highest BCUT2D eigenvalue weighted by molar-refractivity contribution is 7.98.